The van der Waals surface area contributed by atoms with E-state index in [4.69, 9.17) is 4.74 Å². The third-order valence-corrected chi connectivity index (χ3v) is 4.40. The standard InChI is InChI=1S/C19H23BrN2O2/c1-13-7-8-14(2)18(15(13)3)24-12-22-19(23)21-10-9-16-5-4-6-17(20)11-16/h4-8,11H,9-10,12H2,1-3H3,(H2,21,22,23). The average molecular weight is 391 g/mol. The third-order valence-electron chi connectivity index (χ3n) is 3.91. The Hall–Kier alpha value is -2.01. The normalized spacial score (nSPS) is 10.3. The van der Waals surface area contributed by atoms with Gasteiger partial charge < -0.3 is 15.4 Å². The largest absolute Gasteiger partial charge is 0.473 e. The Labute approximate surface area is 151 Å². The number of rotatable bonds is 6. The highest BCUT2D eigenvalue weighted by Crippen LogP contribution is 2.25. The van der Waals surface area contributed by atoms with Crippen LogP contribution in [0.1, 0.15) is 22.3 Å². The molecule has 0 spiro atoms. The zero-order valence-electron chi connectivity index (χ0n) is 14.3. The molecule has 2 aromatic rings. The summed E-state index contributed by atoms with van der Waals surface area (Å²) in [6.07, 6.45) is 0.782. The number of aryl methyl sites for hydroxylation is 2. The fourth-order valence-corrected chi connectivity index (χ4v) is 2.84. The molecule has 0 radical (unpaired) electrons. The van der Waals surface area contributed by atoms with E-state index in [1.807, 2.05) is 51.1 Å². The molecule has 0 fully saturated rings. The molecule has 0 bridgehead atoms. The number of halogens is 1. The number of amides is 2. The highest BCUT2D eigenvalue weighted by molar-refractivity contribution is 9.10. The summed E-state index contributed by atoms with van der Waals surface area (Å²) in [4.78, 5) is 11.8. The van der Waals surface area contributed by atoms with Crippen LogP contribution in [0.3, 0.4) is 0 Å². The Balaban J connectivity index is 1.73. The van der Waals surface area contributed by atoms with E-state index >= 15 is 0 Å². The predicted molar refractivity (Wildman–Crippen MR) is 101 cm³/mol. The summed E-state index contributed by atoms with van der Waals surface area (Å²) in [5.41, 5.74) is 4.52. The van der Waals surface area contributed by atoms with Crippen LogP contribution in [0, 0.1) is 20.8 Å². The van der Waals surface area contributed by atoms with E-state index in [-0.39, 0.29) is 12.8 Å². The Morgan fingerprint density at radius 1 is 1.08 bits per heavy atom. The fraction of sp³-hybridized carbons (Fsp3) is 0.316. The first-order chi connectivity index (χ1) is 11.5. The topological polar surface area (TPSA) is 50.4 Å². The molecule has 0 aliphatic heterocycles. The second-order valence-corrected chi connectivity index (χ2v) is 6.67. The van der Waals surface area contributed by atoms with Gasteiger partial charge in [0, 0.05) is 11.0 Å². The van der Waals surface area contributed by atoms with Crippen molar-refractivity contribution in [2.24, 2.45) is 0 Å². The monoisotopic (exact) mass is 390 g/mol. The molecule has 2 aromatic carbocycles. The molecule has 0 saturated carbocycles. The highest BCUT2D eigenvalue weighted by Gasteiger charge is 2.07. The van der Waals surface area contributed by atoms with Crippen LogP contribution >= 0.6 is 15.9 Å². The molecular weight excluding hydrogens is 368 g/mol. The van der Waals surface area contributed by atoms with Crippen molar-refractivity contribution in [1.82, 2.24) is 10.6 Å². The van der Waals surface area contributed by atoms with Gasteiger partial charge >= 0.3 is 6.03 Å². The average Bonchev–Trinajstić information content (AvgIpc) is 2.54. The van der Waals surface area contributed by atoms with Crippen molar-refractivity contribution in [2.75, 3.05) is 13.3 Å². The van der Waals surface area contributed by atoms with Gasteiger partial charge in [-0.1, -0.05) is 40.2 Å². The molecule has 2 rings (SSSR count). The lowest BCUT2D eigenvalue weighted by atomic mass is 10.1. The fourth-order valence-electron chi connectivity index (χ4n) is 2.40. The molecule has 0 saturated heterocycles. The summed E-state index contributed by atoms with van der Waals surface area (Å²) >= 11 is 3.44. The van der Waals surface area contributed by atoms with Crippen molar-refractivity contribution < 1.29 is 9.53 Å². The number of ether oxygens (including phenoxy) is 1. The predicted octanol–water partition coefficient (Wildman–Crippen LogP) is 4.25. The van der Waals surface area contributed by atoms with Gasteiger partial charge in [-0.3, -0.25) is 0 Å². The molecule has 128 valence electrons. The van der Waals surface area contributed by atoms with Crippen LogP contribution in [-0.2, 0) is 6.42 Å². The van der Waals surface area contributed by atoms with Crippen LogP contribution in [0.15, 0.2) is 40.9 Å². The SMILES string of the molecule is Cc1ccc(C)c(OCNC(=O)NCCc2cccc(Br)c2)c1C. The molecule has 0 aromatic heterocycles. The van der Waals surface area contributed by atoms with Crippen LogP contribution in [0.2, 0.25) is 0 Å². The molecule has 0 heterocycles. The number of hydrogen-bond acceptors (Lipinski definition) is 2. The van der Waals surface area contributed by atoms with E-state index in [0.29, 0.717) is 6.54 Å². The maximum absolute atomic E-state index is 11.8. The van der Waals surface area contributed by atoms with Gasteiger partial charge in [-0.05, 0) is 61.6 Å². The van der Waals surface area contributed by atoms with E-state index < -0.39 is 0 Å². The number of carbonyl (C=O) groups is 1. The van der Waals surface area contributed by atoms with Crippen molar-refractivity contribution >= 4 is 22.0 Å². The van der Waals surface area contributed by atoms with Gasteiger partial charge in [0.15, 0.2) is 6.73 Å². The molecule has 2 amide bonds. The van der Waals surface area contributed by atoms with Gasteiger partial charge in [-0.15, -0.1) is 0 Å². The minimum Gasteiger partial charge on any atom is -0.473 e. The van der Waals surface area contributed by atoms with Crippen LogP contribution in [-0.4, -0.2) is 19.3 Å². The zero-order valence-corrected chi connectivity index (χ0v) is 15.9. The number of urea groups is 1. The molecule has 0 aliphatic rings. The van der Waals surface area contributed by atoms with E-state index in [9.17, 15) is 4.79 Å². The van der Waals surface area contributed by atoms with Crippen molar-refractivity contribution in [3.8, 4) is 5.75 Å². The zero-order chi connectivity index (χ0) is 17.5. The highest BCUT2D eigenvalue weighted by atomic mass is 79.9. The van der Waals surface area contributed by atoms with Gasteiger partial charge in [0.1, 0.15) is 5.75 Å². The van der Waals surface area contributed by atoms with Crippen LogP contribution in [0.4, 0.5) is 4.79 Å². The van der Waals surface area contributed by atoms with Crippen LogP contribution in [0.5, 0.6) is 5.75 Å². The van der Waals surface area contributed by atoms with E-state index in [1.54, 1.807) is 0 Å². The van der Waals surface area contributed by atoms with E-state index in [1.165, 1.54) is 11.1 Å². The first-order valence-corrected chi connectivity index (χ1v) is 8.72. The van der Waals surface area contributed by atoms with E-state index in [0.717, 1.165) is 27.8 Å². The van der Waals surface area contributed by atoms with Crippen molar-refractivity contribution in [3.63, 3.8) is 0 Å². The summed E-state index contributed by atoms with van der Waals surface area (Å²) in [5.74, 6) is 0.837. The van der Waals surface area contributed by atoms with Gasteiger partial charge in [0.05, 0.1) is 0 Å². The lowest BCUT2D eigenvalue weighted by molar-refractivity contribution is 0.223. The number of nitrogens with one attached hydrogen (secondary N) is 2. The Morgan fingerprint density at radius 2 is 1.83 bits per heavy atom. The maximum atomic E-state index is 11.8. The summed E-state index contributed by atoms with van der Waals surface area (Å²) in [6, 6.07) is 11.9. The number of carbonyl (C=O) groups excluding carboxylic acids is 1. The molecule has 4 nitrogen and oxygen atoms in total. The molecule has 5 heteroatoms. The van der Waals surface area contributed by atoms with Gasteiger partial charge in [0.2, 0.25) is 0 Å². The summed E-state index contributed by atoms with van der Waals surface area (Å²) in [6.45, 7) is 6.79. The lowest BCUT2D eigenvalue weighted by Crippen LogP contribution is -2.38. The first-order valence-electron chi connectivity index (χ1n) is 7.93. The molecule has 0 atom stereocenters. The second kappa shape index (κ2) is 8.73. The lowest BCUT2D eigenvalue weighted by Gasteiger charge is -2.14. The Bertz CT molecular complexity index is 717. The van der Waals surface area contributed by atoms with Crippen LogP contribution in [0.25, 0.3) is 0 Å². The summed E-state index contributed by atoms with van der Waals surface area (Å²) in [7, 11) is 0. The molecular formula is C19H23BrN2O2. The third kappa shape index (κ3) is 5.27. The maximum Gasteiger partial charge on any atom is 0.317 e. The number of benzene rings is 2. The van der Waals surface area contributed by atoms with Gasteiger partial charge in [0.25, 0.3) is 0 Å². The number of hydrogen-bond donors (Lipinski definition) is 2. The minimum atomic E-state index is -0.229. The Kier molecular flexibility index (Phi) is 6.67. The van der Waals surface area contributed by atoms with E-state index in [2.05, 4.69) is 32.6 Å². The first kappa shape index (κ1) is 18.3. The molecule has 24 heavy (non-hydrogen) atoms. The molecule has 2 N–H and O–H groups in total. The quantitative estimate of drug-likeness (QED) is 0.724. The Morgan fingerprint density at radius 3 is 2.58 bits per heavy atom. The van der Waals surface area contributed by atoms with Gasteiger partial charge in [-0.25, -0.2) is 4.79 Å². The molecule has 0 aliphatic carbocycles. The van der Waals surface area contributed by atoms with Crippen LogP contribution < -0.4 is 15.4 Å². The minimum absolute atomic E-state index is 0.147. The van der Waals surface area contributed by atoms with Gasteiger partial charge in [-0.2, -0.15) is 0 Å². The smallest absolute Gasteiger partial charge is 0.317 e. The van der Waals surface area contributed by atoms with Crippen molar-refractivity contribution in [2.45, 2.75) is 27.2 Å². The summed E-state index contributed by atoms with van der Waals surface area (Å²) in [5, 5.41) is 5.55. The molecule has 0 unspecified atom stereocenters. The summed E-state index contributed by atoms with van der Waals surface area (Å²) < 4.78 is 6.76. The second-order valence-electron chi connectivity index (χ2n) is 5.75. The van der Waals surface area contributed by atoms with Crippen molar-refractivity contribution in [3.05, 3.63) is 63.1 Å². The van der Waals surface area contributed by atoms with Crippen molar-refractivity contribution in [1.29, 1.82) is 0 Å².